The van der Waals surface area contributed by atoms with Crippen LogP contribution in [-0.2, 0) is 0 Å². The van der Waals surface area contributed by atoms with Gasteiger partial charge in [-0.25, -0.2) is 0 Å². The van der Waals surface area contributed by atoms with E-state index in [-0.39, 0.29) is 0 Å². The van der Waals surface area contributed by atoms with E-state index in [2.05, 4.69) is 0 Å². The summed E-state index contributed by atoms with van der Waals surface area (Å²) in [4.78, 5) is 0. The fourth-order valence-corrected chi connectivity index (χ4v) is 2.32. The molecule has 0 amide bonds. The van der Waals surface area contributed by atoms with E-state index in [9.17, 15) is 0 Å². The maximum atomic E-state index is 6.08. The van der Waals surface area contributed by atoms with Gasteiger partial charge >= 0.3 is 0 Å². The Morgan fingerprint density at radius 3 is 2.17 bits per heavy atom. The van der Waals surface area contributed by atoms with Gasteiger partial charge in [0.1, 0.15) is 11.5 Å². The van der Waals surface area contributed by atoms with Crippen LogP contribution >= 0.6 is 23.2 Å². The highest BCUT2D eigenvalue weighted by atomic mass is 35.5. The molecule has 0 bridgehead atoms. The fourth-order valence-electron chi connectivity index (χ4n) is 1.77. The molecule has 0 fully saturated rings. The van der Waals surface area contributed by atoms with Crippen LogP contribution in [0.1, 0.15) is 11.1 Å². The van der Waals surface area contributed by atoms with E-state index < -0.39 is 0 Å². The molecule has 0 spiro atoms. The molecule has 0 aromatic heterocycles. The van der Waals surface area contributed by atoms with Gasteiger partial charge in [-0.1, -0.05) is 23.2 Å². The first-order valence-electron chi connectivity index (χ1n) is 5.47. The molecule has 0 aliphatic carbocycles. The van der Waals surface area contributed by atoms with Gasteiger partial charge in [-0.2, -0.15) is 0 Å². The van der Waals surface area contributed by atoms with Crippen molar-refractivity contribution in [3.8, 4) is 11.5 Å². The van der Waals surface area contributed by atoms with Gasteiger partial charge in [-0.15, -0.1) is 0 Å². The number of halogens is 2. The number of nitrogen functional groups attached to an aromatic ring is 1. The Balaban J connectivity index is 2.40. The zero-order chi connectivity index (χ0) is 13.3. The van der Waals surface area contributed by atoms with Crippen molar-refractivity contribution >= 4 is 28.9 Å². The molecule has 4 heteroatoms. The standard InChI is InChI=1S/C14H13Cl2NO/c1-8-5-10(15)6-9(2)14(8)18-13-4-3-11(17)7-12(13)16/h3-7H,17H2,1-2H3. The molecule has 2 N–H and O–H groups in total. The second kappa shape index (κ2) is 5.09. The first-order chi connectivity index (χ1) is 8.47. The lowest BCUT2D eigenvalue weighted by Gasteiger charge is -2.13. The smallest absolute Gasteiger partial charge is 0.146 e. The highest BCUT2D eigenvalue weighted by molar-refractivity contribution is 6.32. The lowest BCUT2D eigenvalue weighted by molar-refractivity contribution is 0.475. The van der Waals surface area contributed by atoms with Crippen LogP contribution in [0.5, 0.6) is 11.5 Å². The predicted octanol–water partition coefficient (Wildman–Crippen LogP) is 4.98. The zero-order valence-corrected chi connectivity index (χ0v) is 11.6. The minimum Gasteiger partial charge on any atom is -0.455 e. The van der Waals surface area contributed by atoms with Crippen LogP contribution in [0.15, 0.2) is 30.3 Å². The van der Waals surface area contributed by atoms with Crippen LogP contribution in [0.4, 0.5) is 5.69 Å². The van der Waals surface area contributed by atoms with Crippen molar-refractivity contribution in [1.29, 1.82) is 0 Å². The van der Waals surface area contributed by atoms with Crippen LogP contribution in [0, 0.1) is 13.8 Å². The molecule has 0 heterocycles. The molecular formula is C14H13Cl2NO. The Morgan fingerprint density at radius 2 is 1.61 bits per heavy atom. The minimum atomic E-state index is 0.490. The summed E-state index contributed by atoms with van der Waals surface area (Å²) in [6.07, 6.45) is 0. The van der Waals surface area contributed by atoms with E-state index >= 15 is 0 Å². The number of hydrogen-bond acceptors (Lipinski definition) is 2. The Bertz CT molecular complexity index is 573. The summed E-state index contributed by atoms with van der Waals surface area (Å²) in [5.41, 5.74) is 8.18. The van der Waals surface area contributed by atoms with Gasteiger partial charge in [-0.3, -0.25) is 0 Å². The summed E-state index contributed by atoms with van der Waals surface area (Å²) in [5.74, 6) is 1.35. The molecule has 2 nitrogen and oxygen atoms in total. The number of nitrogens with two attached hydrogens (primary N) is 1. The second-order valence-electron chi connectivity index (χ2n) is 4.16. The van der Waals surface area contributed by atoms with Gasteiger partial charge in [0.05, 0.1) is 5.02 Å². The SMILES string of the molecule is Cc1cc(Cl)cc(C)c1Oc1ccc(N)cc1Cl. The molecule has 18 heavy (non-hydrogen) atoms. The minimum absolute atomic E-state index is 0.490. The summed E-state index contributed by atoms with van der Waals surface area (Å²) in [7, 11) is 0. The highest BCUT2D eigenvalue weighted by Crippen LogP contribution is 2.35. The average Bonchev–Trinajstić information content (AvgIpc) is 2.25. The molecule has 2 aromatic rings. The van der Waals surface area contributed by atoms with E-state index in [1.807, 2.05) is 26.0 Å². The molecular weight excluding hydrogens is 269 g/mol. The van der Waals surface area contributed by atoms with Crippen molar-refractivity contribution in [2.45, 2.75) is 13.8 Å². The quantitative estimate of drug-likeness (QED) is 0.788. The van der Waals surface area contributed by atoms with Crippen LogP contribution in [0.3, 0.4) is 0 Å². The molecule has 0 aliphatic rings. The van der Waals surface area contributed by atoms with Gasteiger partial charge in [0, 0.05) is 10.7 Å². The summed E-state index contributed by atoms with van der Waals surface area (Å²) >= 11 is 12.1. The normalized spacial score (nSPS) is 10.4. The second-order valence-corrected chi connectivity index (χ2v) is 5.00. The average molecular weight is 282 g/mol. The molecule has 0 radical (unpaired) electrons. The third-order valence-electron chi connectivity index (χ3n) is 2.59. The molecule has 0 saturated heterocycles. The van der Waals surface area contributed by atoms with E-state index in [1.54, 1.807) is 18.2 Å². The van der Waals surface area contributed by atoms with Crippen LogP contribution in [0.25, 0.3) is 0 Å². The molecule has 2 aromatic carbocycles. The lowest BCUT2D eigenvalue weighted by Crippen LogP contribution is -1.93. The summed E-state index contributed by atoms with van der Waals surface area (Å²) < 4.78 is 5.83. The maximum absolute atomic E-state index is 6.08. The molecule has 0 atom stereocenters. The third kappa shape index (κ3) is 2.71. The Morgan fingerprint density at radius 1 is 1.00 bits per heavy atom. The number of anilines is 1. The monoisotopic (exact) mass is 281 g/mol. The molecule has 0 aliphatic heterocycles. The van der Waals surface area contributed by atoms with Crippen LogP contribution in [-0.4, -0.2) is 0 Å². The topological polar surface area (TPSA) is 35.2 Å². The summed E-state index contributed by atoms with van der Waals surface area (Å²) in [5, 5.41) is 1.18. The summed E-state index contributed by atoms with van der Waals surface area (Å²) in [6.45, 7) is 3.89. The van der Waals surface area contributed by atoms with Gasteiger partial charge in [-0.05, 0) is 55.3 Å². The Kier molecular flexibility index (Phi) is 3.69. The zero-order valence-electron chi connectivity index (χ0n) is 10.1. The van der Waals surface area contributed by atoms with Gasteiger partial charge < -0.3 is 10.5 Å². The maximum Gasteiger partial charge on any atom is 0.146 e. The lowest BCUT2D eigenvalue weighted by atomic mass is 10.1. The van der Waals surface area contributed by atoms with E-state index in [4.69, 9.17) is 33.7 Å². The van der Waals surface area contributed by atoms with Crippen molar-refractivity contribution in [2.24, 2.45) is 0 Å². The van der Waals surface area contributed by atoms with Crippen molar-refractivity contribution in [2.75, 3.05) is 5.73 Å². The van der Waals surface area contributed by atoms with Crippen molar-refractivity contribution in [3.05, 3.63) is 51.5 Å². The Labute approximate surface area is 116 Å². The highest BCUT2D eigenvalue weighted by Gasteiger charge is 2.09. The van der Waals surface area contributed by atoms with E-state index in [0.29, 0.717) is 21.5 Å². The molecule has 0 unspecified atom stereocenters. The van der Waals surface area contributed by atoms with Crippen molar-refractivity contribution < 1.29 is 4.74 Å². The number of ether oxygens (including phenoxy) is 1. The number of benzene rings is 2. The summed E-state index contributed by atoms with van der Waals surface area (Å²) in [6, 6.07) is 8.88. The molecule has 2 rings (SSSR count). The predicted molar refractivity (Wildman–Crippen MR) is 76.9 cm³/mol. The third-order valence-corrected chi connectivity index (χ3v) is 3.11. The van der Waals surface area contributed by atoms with Crippen LogP contribution < -0.4 is 10.5 Å². The first-order valence-corrected chi connectivity index (χ1v) is 6.22. The van der Waals surface area contributed by atoms with E-state index in [1.165, 1.54) is 0 Å². The van der Waals surface area contributed by atoms with Gasteiger partial charge in [0.25, 0.3) is 0 Å². The van der Waals surface area contributed by atoms with Crippen LogP contribution in [0.2, 0.25) is 10.0 Å². The fraction of sp³-hybridized carbons (Fsp3) is 0.143. The van der Waals surface area contributed by atoms with Gasteiger partial charge in [0.15, 0.2) is 0 Å². The number of aryl methyl sites for hydroxylation is 2. The van der Waals surface area contributed by atoms with Gasteiger partial charge in [0.2, 0.25) is 0 Å². The van der Waals surface area contributed by atoms with E-state index in [0.717, 1.165) is 16.9 Å². The Hall–Kier alpha value is -1.38. The number of hydrogen-bond donors (Lipinski definition) is 1. The largest absolute Gasteiger partial charge is 0.455 e. The van der Waals surface area contributed by atoms with Crippen molar-refractivity contribution in [3.63, 3.8) is 0 Å². The first kappa shape index (κ1) is 13.1. The molecule has 94 valence electrons. The number of rotatable bonds is 2. The van der Waals surface area contributed by atoms with Crippen molar-refractivity contribution in [1.82, 2.24) is 0 Å². The molecule has 0 saturated carbocycles.